The minimum atomic E-state index is -1.07. The maximum absolute atomic E-state index is 13.6. The molecule has 8 nitrogen and oxygen atoms in total. The van der Waals surface area contributed by atoms with Crippen molar-refractivity contribution in [3.63, 3.8) is 0 Å². The first-order valence-electron chi connectivity index (χ1n) is 9.32. The minimum Gasteiger partial charge on any atom is -0.387 e. The highest BCUT2D eigenvalue weighted by atomic mass is 35.5. The molecule has 4 aromatic rings. The third kappa shape index (κ3) is 4.62. The van der Waals surface area contributed by atoms with E-state index in [2.05, 4.69) is 20.4 Å². The molecule has 0 spiro atoms. The summed E-state index contributed by atoms with van der Waals surface area (Å²) in [5.41, 5.74) is 1.17. The predicted molar refractivity (Wildman–Crippen MR) is 115 cm³/mol. The molecule has 0 aliphatic heterocycles. The molecule has 0 unspecified atom stereocenters. The summed E-state index contributed by atoms with van der Waals surface area (Å²) < 4.78 is 16.6. The fraction of sp³-hybridized carbons (Fsp3) is 0.143. The number of aromatic nitrogens is 5. The van der Waals surface area contributed by atoms with Crippen LogP contribution in [0.2, 0.25) is 5.02 Å². The Labute approximate surface area is 181 Å². The molecule has 1 atom stereocenters. The summed E-state index contributed by atoms with van der Waals surface area (Å²) in [6.07, 6.45) is 3.73. The van der Waals surface area contributed by atoms with Crippen LogP contribution < -0.4 is 10.9 Å². The molecule has 0 aliphatic carbocycles. The summed E-state index contributed by atoms with van der Waals surface area (Å²) >= 11 is 5.67. The van der Waals surface area contributed by atoms with Gasteiger partial charge in [0.1, 0.15) is 11.6 Å². The Bertz CT molecular complexity index is 1290. The van der Waals surface area contributed by atoms with E-state index in [1.165, 1.54) is 22.8 Å². The highest BCUT2D eigenvalue weighted by Gasteiger charge is 2.13. The summed E-state index contributed by atoms with van der Waals surface area (Å²) in [6, 6.07) is 10.7. The Hall–Kier alpha value is -3.56. The quantitative estimate of drug-likeness (QED) is 0.477. The molecule has 10 heteroatoms. The molecule has 0 amide bonds. The van der Waals surface area contributed by atoms with Gasteiger partial charge in [0.15, 0.2) is 0 Å². The van der Waals surface area contributed by atoms with Gasteiger partial charge in [0.05, 0.1) is 29.6 Å². The topological polar surface area (TPSA) is 97.9 Å². The van der Waals surface area contributed by atoms with Crippen molar-refractivity contribution in [3.05, 3.63) is 87.8 Å². The third-order valence-corrected chi connectivity index (χ3v) is 5.01. The van der Waals surface area contributed by atoms with E-state index in [-0.39, 0.29) is 17.1 Å². The Kier molecular flexibility index (Phi) is 5.79. The lowest BCUT2D eigenvalue weighted by Crippen LogP contribution is -2.22. The number of nitrogens with zero attached hydrogens (tertiary/aromatic N) is 5. The van der Waals surface area contributed by atoms with Crippen molar-refractivity contribution in [1.82, 2.24) is 24.3 Å². The van der Waals surface area contributed by atoms with Gasteiger partial charge in [-0.05, 0) is 29.8 Å². The fourth-order valence-electron chi connectivity index (χ4n) is 3.02. The zero-order chi connectivity index (χ0) is 22.0. The molecule has 0 radical (unpaired) electrons. The van der Waals surface area contributed by atoms with Gasteiger partial charge in [-0.3, -0.25) is 9.48 Å². The van der Waals surface area contributed by atoms with Gasteiger partial charge in [-0.25, -0.2) is 14.4 Å². The van der Waals surface area contributed by atoms with Gasteiger partial charge >= 0.3 is 0 Å². The summed E-state index contributed by atoms with van der Waals surface area (Å²) in [5.74, 6) is 0.464. The van der Waals surface area contributed by atoms with Crippen molar-refractivity contribution in [3.8, 4) is 11.3 Å². The molecule has 3 heterocycles. The molecule has 0 saturated heterocycles. The van der Waals surface area contributed by atoms with Crippen LogP contribution in [0.3, 0.4) is 0 Å². The second-order valence-corrected chi connectivity index (χ2v) is 7.23. The fourth-order valence-corrected chi connectivity index (χ4v) is 3.14. The van der Waals surface area contributed by atoms with E-state index < -0.39 is 11.9 Å². The number of aliphatic hydroxyl groups is 1. The third-order valence-electron chi connectivity index (χ3n) is 4.71. The van der Waals surface area contributed by atoms with Crippen molar-refractivity contribution in [1.29, 1.82) is 0 Å². The molecular weight excluding hydrogens is 423 g/mol. The van der Waals surface area contributed by atoms with E-state index in [0.29, 0.717) is 22.8 Å². The number of rotatable bonds is 6. The van der Waals surface area contributed by atoms with Crippen molar-refractivity contribution in [2.45, 2.75) is 12.6 Å². The Morgan fingerprint density at radius 1 is 1.19 bits per heavy atom. The Morgan fingerprint density at radius 3 is 2.74 bits per heavy atom. The van der Waals surface area contributed by atoms with Crippen LogP contribution in [0.15, 0.2) is 65.8 Å². The van der Waals surface area contributed by atoms with E-state index in [4.69, 9.17) is 11.6 Å². The first-order valence-corrected chi connectivity index (χ1v) is 9.70. The van der Waals surface area contributed by atoms with Crippen LogP contribution in [-0.4, -0.2) is 29.4 Å². The van der Waals surface area contributed by atoms with Crippen molar-refractivity contribution < 1.29 is 9.50 Å². The van der Waals surface area contributed by atoms with E-state index in [9.17, 15) is 14.3 Å². The zero-order valence-electron chi connectivity index (χ0n) is 16.4. The van der Waals surface area contributed by atoms with Crippen LogP contribution in [0.1, 0.15) is 11.7 Å². The number of aryl methyl sites for hydroxylation is 1. The van der Waals surface area contributed by atoms with E-state index in [1.54, 1.807) is 48.5 Å². The highest BCUT2D eigenvalue weighted by Crippen LogP contribution is 2.22. The maximum atomic E-state index is 13.6. The molecule has 0 bridgehead atoms. The van der Waals surface area contributed by atoms with Crippen LogP contribution >= 0.6 is 11.6 Å². The zero-order valence-corrected chi connectivity index (χ0v) is 17.2. The van der Waals surface area contributed by atoms with Crippen LogP contribution in [0.4, 0.5) is 16.2 Å². The average molecular weight is 441 g/mol. The number of halogens is 2. The van der Waals surface area contributed by atoms with Gasteiger partial charge < -0.3 is 15.0 Å². The minimum absolute atomic E-state index is 0.0282. The normalized spacial score (nSPS) is 12.0. The summed E-state index contributed by atoms with van der Waals surface area (Å²) in [5, 5.41) is 17.5. The average Bonchev–Trinajstić information content (AvgIpc) is 3.16. The number of pyridine rings is 1. The molecule has 3 aromatic heterocycles. The number of anilines is 2. The number of aliphatic hydroxyl groups excluding tert-OH is 1. The lowest BCUT2D eigenvalue weighted by atomic mass is 10.1. The Balaban J connectivity index is 1.53. The number of benzene rings is 1. The van der Waals surface area contributed by atoms with E-state index >= 15 is 0 Å². The van der Waals surface area contributed by atoms with Crippen molar-refractivity contribution in [2.24, 2.45) is 7.05 Å². The lowest BCUT2D eigenvalue weighted by Gasteiger charge is -2.14. The highest BCUT2D eigenvalue weighted by molar-refractivity contribution is 6.30. The van der Waals surface area contributed by atoms with Gasteiger partial charge in [-0.15, -0.1) is 0 Å². The number of hydrogen-bond acceptors (Lipinski definition) is 6. The second-order valence-electron chi connectivity index (χ2n) is 6.83. The largest absolute Gasteiger partial charge is 0.387 e. The molecule has 158 valence electrons. The Morgan fingerprint density at radius 2 is 2.03 bits per heavy atom. The first-order chi connectivity index (χ1) is 14.9. The molecule has 4 rings (SSSR count). The molecule has 0 fully saturated rings. The van der Waals surface area contributed by atoms with Crippen LogP contribution in [-0.2, 0) is 13.6 Å². The van der Waals surface area contributed by atoms with Crippen molar-refractivity contribution >= 4 is 23.4 Å². The maximum Gasteiger partial charge on any atom is 0.251 e. The number of hydrogen-bond donors (Lipinski definition) is 2. The molecule has 0 saturated carbocycles. The standard InChI is InChI=1S/C21H18ClFN6O2/c1-28-19(5-8-25-28)27-21-24-7-4-17(26-21)13-6-9-29(20(31)11-13)12-18(30)14-2-3-15(22)16(23)10-14/h2-11,18,30H,12H2,1H3,(H,24,26,27)/t18-/m1/s1. The summed E-state index contributed by atoms with van der Waals surface area (Å²) in [6.45, 7) is -0.0305. The molecule has 0 aliphatic rings. The van der Waals surface area contributed by atoms with Gasteiger partial charge in [-0.1, -0.05) is 17.7 Å². The van der Waals surface area contributed by atoms with Gasteiger partial charge in [0, 0.05) is 37.1 Å². The summed E-state index contributed by atoms with van der Waals surface area (Å²) in [7, 11) is 1.79. The molecule has 31 heavy (non-hydrogen) atoms. The molecular formula is C21H18ClFN6O2. The van der Waals surface area contributed by atoms with E-state index in [1.807, 2.05) is 0 Å². The summed E-state index contributed by atoms with van der Waals surface area (Å²) in [4.78, 5) is 21.2. The second kappa shape index (κ2) is 8.66. The van der Waals surface area contributed by atoms with Gasteiger partial charge in [0.2, 0.25) is 5.95 Å². The smallest absolute Gasteiger partial charge is 0.251 e. The van der Waals surface area contributed by atoms with Crippen molar-refractivity contribution in [2.75, 3.05) is 5.32 Å². The first kappa shape index (κ1) is 20.7. The van der Waals surface area contributed by atoms with Crippen LogP contribution in [0, 0.1) is 5.82 Å². The number of nitrogens with one attached hydrogen (secondary N) is 1. The van der Waals surface area contributed by atoms with Crippen LogP contribution in [0.25, 0.3) is 11.3 Å². The SMILES string of the molecule is Cn1nccc1Nc1nccc(-c2ccn(C[C@@H](O)c3ccc(Cl)c(F)c3)c(=O)c2)n1. The van der Waals surface area contributed by atoms with E-state index in [0.717, 1.165) is 11.9 Å². The molecule has 2 N–H and O–H groups in total. The molecule has 1 aromatic carbocycles. The van der Waals surface area contributed by atoms with Gasteiger partial charge in [0.25, 0.3) is 5.56 Å². The predicted octanol–water partition coefficient (Wildman–Crippen LogP) is 3.31. The monoisotopic (exact) mass is 440 g/mol. The lowest BCUT2D eigenvalue weighted by molar-refractivity contribution is 0.154. The van der Waals surface area contributed by atoms with Gasteiger partial charge in [-0.2, -0.15) is 5.10 Å². The van der Waals surface area contributed by atoms with Crippen LogP contribution in [0.5, 0.6) is 0 Å².